The van der Waals surface area contributed by atoms with Gasteiger partial charge < -0.3 is 4.74 Å². The number of carbonyl (C=O) groups excluding carboxylic acids is 1. The van der Waals surface area contributed by atoms with Crippen LogP contribution in [0.3, 0.4) is 0 Å². The smallest absolute Gasteiger partial charge is 0.243 e. The van der Waals surface area contributed by atoms with Crippen molar-refractivity contribution in [1.29, 1.82) is 0 Å². The Kier molecular flexibility index (Phi) is 6.15. The van der Waals surface area contributed by atoms with Crippen molar-refractivity contribution in [1.82, 2.24) is 5.43 Å². The molecule has 4 rings (SSSR count). The third-order valence-electron chi connectivity index (χ3n) is 5.31. The van der Waals surface area contributed by atoms with Crippen LogP contribution in [0.1, 0.15) is 36.0 Å². The standard InChI is InChI=1S/C25H23ClN2O2/c1-17(27-28-25(29)23-15-22(23)19-7-3-2-4-8-19)18-11-13-21(14-12-18)30-16-20-9-5-6-10-24(20)26/h2-14,22-23H,15-16H2,1H3,(H,28,29)/b27-17-. The second-order valence-corrected chi connectivity index (χ2v) is 7.84. The van der Waals surface area contributed by atoms with Gasteiger partial charge in [0.2, 0.25) is 5.91 Å². The van der Waals surface area contributed by atoms with E-state index in [1.165, 1.54) is 5.56 Å². The first-order valence-corrected chi connectivity index (χ1v) is 10.4. The topological polar surface area (TPSA) is 50.7 Å². The van der Waals surface area contributed by atoms with Crippen molar-refractivity contribution in [2.24, 2.45) is 11.0 Å². The zero-order valence-corrected chi connectivity index (χ0v) is 17.5. The van der Waals surface area contributed by atoms with Crippen LogP contribution in [-0.2, 0) is 11.4 Å². The lowest BCUT2D eigenvalue weighted by Crippen LogP contribution is -2.21. The summed E-state index contributed by atoms with van der Waals surface area (Å²) in [5.41, 5.74) is 6.54. The molecule has 0 heterocycles. The Morgan fingerprint density at radius 1 is 1.03 bits per heavy atom. The van der Waals surface area contributed by atoms with Crippen LogP contribution in [0, 0.1) is 5.92 Å². The van der Waals surface area contributed by atoms with Crippen molar-refractivity contribution < 1.29 is 9.53 Å². The van der Waals surface area contributed by atoms with Crippen molar-refractivity contribution in [3.8, 4) is 5.75 Å². The van der Waals surface area contributed by atoms with E-state index in [1.807, 2.05) is 73.7 Å². The van der Waals surface area contributed by atoms with Crippen LogP contribution in [0.15, 0.2) is 84.0 Å². The maximum Gasteiger partial charge on any atom is 0.243 e. The number of benzene rings is 3. The molecule has 1 aliphatic carbocycles. The number of hydrogen-bond acceptors (Lipinski definition) is 3. The first-order valence-electron chi connectivity index (χ1n) is 9.97. The van der Waals surface area contributed by atoms with E-state index in [-0.39, 0.29) is 11.8 Å². The highest BCUT2D eigenvalue weighted by Crippen LogP contribution is 2.47. The molecule has 30 heavy (non-hydrogen) atoms. The number of nitrogens with one attached hydrogen (secondary N) is 1. The predicted molar refractivity (Wildman–Crippen MR) is 120 cm³/mol. The summed E-state index contributed by atoms with van der Waals surface area (Å²) in [6.07, 6.45) is 0.877. The van der Waals surface area contributed by atoms with Gasteiger partial charge in [-0.3, -0.25) is 4.79 Å². The Labute approximate surface area is 181 Å². The third-order valence-corrected chi connectivity index (χ3v) is 5.68. The number of hydrogen-bond donors (Lipinski definition) is 1. The molecule has 1 N–H and O–H groups in total. The fourth-order valence-corrected chi connectivity index (χ4v) is 3.60. The van der Waals surface area contributed by atoms with E-state index in [2.05, 4.69) is 22.7 Å². The van der Waals surface area contributed by atoms with Gasteiger partial charge in [0.1, 0.15) is 12.4 Å². The molecule has 1 fully saturated rings. The highest BCUT2D eigenvalue weighted by atomic mass is 35.5. The molecular formula is C25H23ClN2O2. The average molecular weight is 419 g/mol. The Morgan fingerprint density at radius 3 is 2.47 bits per heavy atom. The Hall–Kier alpha value is -3.11. The lowest BCUT2D eigenvalue weighted by Gasteiger charge is -2.09. The molecule has 2 unspecified atom stereocenters. The molecule has 2 atom stereocenters. The minimum absolute atomic E-state index is 0.00420. The van der Waals surface area contributed by atoms with E-state index in [4.69, 9.17) is 16.3 Å². The van der Waals surface area contributed by atoms with E-state index < -0.39 is 0 Å². The number of rotatable bonds is 7. The molecule has 3 aromatic rings. The zero-order valence-electron chi connectivity index (χ0n) is 16.7. The van der Waals surface area contributed by atoms with Crippen LogP contribution in [-0.4, -0.2) is 11.6 Å². The summed E-state index contributed by atoms with van der Waals surface area (Å²) in [7, 11) is 0. The van der Waals surface area contributed by atoms with Gasteiger partial charge in [0.15, 0.2) is 0 Å². The molecule has 4 nitrogen and oxygen atoms in total. The third kappa shape index (κ3) is 4.89. The Balaban J connectivity index is 1.30. The molecule has 152 valence electrons. The number of carbonyl (C=O) groups is 1. The predicted octanol–water partition coefficient (Wildman–Crippen LogP) is 5.56. The number of halogens is 1. The van der Waals surface area contributed by atoms with Gasteiger partial charge >= 0.3 is 0 Å². The monoisotopic (exact) mass is 418 g/mol. The van der Waals surface area contributed by atoms with E-state index in [0.29, 0.717) is 17.5 Å². The van der Waals surface area contributed by atoms with Gasteiger partial charge in [-0.25, -0.2) is 5.43 Å². The highest BCUT2D eigenvalue weighted by molar-refractivity contribution is 6.31. The average Bonchev–Trinajstić information content (AvgIpc) is 3.59. The number of nitrogens with zero attached hydrogens (tertiary/aromatic N) is 1. The lowest BCUT2D eigenvalue weighted by molar-refractivity contribution is -0.122. The van der Waals surface area contributed by atoms with Crippen LogP contribution < -0.4 is 10.2 Å². The van der Waals surface area contributed by atoms with Crippen LogP contribution >= 0.6 is 11.6 Å². The van der Waals surface area contributed by atoms with Crippen molar-refractivity contribution >= 4 is 23.2 Å². The Bertz CT molecular complexity index is 1050. The molecule has 5 heteroatoms. The minimum Gasteiger partial charge on any atom is -0.489 e. The number of hydrazone groups is 1. The van der Waals surface area contributed by atoms with Crippen molar-refractivity contribution in [3.63, 3.8) is 0 Å². The minimum atomic E-state index is -0.0251. The fourth-order valence-electron chi connectivity index (χ4n) is 3.41. The highest BCUT2D eigenvalue weighted by Gasteiger charge is 2.43. The van der Waals surface area contributed by atoms with E-state index >= 15 is 0 Å². The zero-order chi connectivity index (χ0) is 20.9. The molecule has 0 radical (unpaired) electrons. The van der Waals surface area contributed by atoms with Crippen LogP contribution in [0.25, 0.3) is 0 Å². The SMILES string of the molecule is C/C(=N/NC(=O)C1CC1c1ccccc1)c1ccc(OCc2ccccc2Cl)cc1. The second-order valence-electron chi connectivity index (χ2n) is 7.44. The van der Waals surface area contributed by atoms with Gasteiger partial charge in [-0.2, -0.15) is 5.10 Å². The molecule has 1 amide bonds. The van der Waals surface area contributed by atoms with Gasteiger partial charge in [0, 0.05) is 16.5 Å². The molecular weight excluding hydrogens is 396 g/mol. The first-order chi connectivity index (χ1) is 14.6. The summed E-state index contributed by atoms with van der Waals surface area (Å²) in [6.45, 7) is 2.29. The lowest BCUT2D eigenvalue weighted by atomic mass is 10.1. The first kappa shape index (κ1) is 20.2. The summed E-state index contributed by atoms with van der Waals surface area (Å²) >= 11 is 6.16. The van der Waals surface area contributed by atoms with Crippen LogP contribution in [0.4, 0.5) is 0 Å². The molecule has 1 aliphatic rings. The summed E-state index contributed by atoms with van der Waals surface area (Å²) in [4.78, 5) is 12.4. The van der Waals surface area contributed by atoms with Crippen LogP contribution in [0.2, 0.25) is 5.02 Å². The van der Waals surface area contributed by atoms with Crippen LogP contribution in [0.5, 0.6) is 5.75 Å². The maximum absolute atomic E-state index is 12.4. The molecule has 0 saturated heterocycles. The number of ether oxygens (including phenoxy) is 1. The summed E-state index contributed by atoms with van der Waals surface area (Å²) < 4.78 is 5.81. The van der Waals surface area contributed by atoms with Gasteiger partial charge in [0.25, 0.3) is 0 Å². The van der Waals surface area contributed by atoms with Gasteiger partial charge in [-0.1, -0.05) is 60.1 Å². The summed E-state index contributed by atoms with van der Waals surface area (Å²) in [5, 5.41) is 4.97. The quantitative estimate of drug-likeness (QED) is 0.403. The van der Waals surface area contributed by atoms with Gasteiger partial charge in [0.05, 0.1) is 5.71 Å². The van der Waals surface area contributed by atoms with E-state index in [9.17, 15) is 4.79 Å². The van der Waals surface area contributed by atoms with E-state index in [1.54, 1.807) is 0 Å². The molecule has 0 aromatic heterocycles. The van der Waals surface area contributed by atoms with Crippen molar-refractivity contribution in [3.05, 3.63) is 101 Å². The molecule has 3 aromatic carbocycles. The fraction of sp³-hybridized carbons (Fsp3) is 0.200. The largest absolute Gasteiger partial charge is 0.489 e. The summed E-state index contributed by atoms with van der Waals surface area (Å²) in [5.74, 6) is 1.03. The Morgan fingerprint density at radius 2 is 1.73 bits per heavy atom. The summed E-state index contributed by atoms with van der Waals surface area (Å²) in [6, 6.07) is 25.4. The molecule has 1 saturated carbocycles. The van der Waals surface area contributed by atoms with Gasteiger partial charge in [-0.15, -0.1) is 0 Å². The normalized spacial score (nSPS) is 18.0. The molecule has 0 aliphatic heterocycles. The van der Waals surface area contributed by atoms with Crippen molar-refractivity contribution in [2.75, 3.05) is 0 Å². The maximum atomic E-state index is 12.4. The second kappa shape index (κ2) is 9.14. The molecule has 0 bridgehead atoms. The van der Waals surface area contributed by atoms with E-state index in [0.717, 1.165) is 29.0 Å². The van der Waals surface area contributed by atoms with Gasteiger partial charge in [-0.05, 0) is 60.7 Å². The number of amides is 1. The van der Waals surface area contributed by atoms with Crippen molar-refractivity contribution in [2.45, 2.75) is 25.9 Å². The molecule has 0 spiro atoms.